The van der Waals surface area contributed by atoms with Crippen LogP contribution in [0.1, 0.15) is 23.3 Å². The fraction of sp³-hybridized carbons (Fsp3) is 0.412. The molecular weight excluding hydrogens is 363 g/mol. The van der Waals surface area contributed by atoms with Crippen LogP contribution in [0.2, 0.25) is 10.0 Å². The average Bonchev–Trinajstić information content (AvgIpc) is 3.16. The molecule has 1 saturated heterocycles. The van der Waals surface area contributed by atoms with Gasteiger partial charge in [0.05, 0.1) is 17.3 Å². The summed E-state index contributed by atoms with van der Waals surface area (Å²) < 4.78 is 7.12. The summed E-state index contributed by atoms with van der Waals surface area (Å²) in [7, 11) is 0. The molecule has 0 saturated carbocycles. The summed E-state index contributed by atoms with van der Waals surface area (Å²) in [5.74, 6) is 0.489. The van der Waals surface area contributed by atoms with Crippen LogP contribution in [0, 0.1) is 0 Å². The van der Waals surface area contributed by atoms with Gasteiger partial charge < -0.3 is 15.0 Å². The van der Waals surface area contributed by atoms with Crippen molar-refractivity contribution in [2.75, 3.05) is 24.6 Å². The van der Waals surface area contributed by atoms with Crippen LogP contribution in [0.3, 0.4) is 0 Å². The fourth-order valence-electron chi connectivity index (χ4n) is 3.33. The van der Waals surface area contributed by atoms with E-state index in [-0.39, 0.29) is 11.9 Å². The van der Waals surface area contributed by atoms with Crippen LogP contribution in [0.15, 0.2) is 24.3 Å². The molecule has 1 unspecified atom stereocenters. The predicted octanol–water partition coefficient (Wildman–Crippen LogP) is 2.98. The number of amides is 1. The number of rotatable bonds is 3. The number of aromatic nitrogens is 2. The Morgan fingerprint density at radius 1 is 1.28 bits per heavy atom. The van der Waals surface area contributed by atoms with E-state index >= 15 is 0 Å². The van der Waals surface area contributed by atoms with E-state index in [1.165, 1.54) is 0 Å². The molecule has 0 radical (unpaired) electrons. The zero-order valence-corrected chi connectivity index (χ0v) is 15.1. The Labute approximate surface area is 155 Å². The van der Waals surface area contributed by atoms with Gasteiger partial charge in [-0.1, -0.05) is 23.2 Å². The van der Waals surface area contributed by atoms with Gasteiger partial charge in [0.1, 0.15) is 6.61 Å². The Hall–Kier alpha value is -1.92. The SMILES string of the molecule is O=C(NC1CCCN(c2ccc(Cl)cc2Cl)C1)c1cc2n(n1)CCO2. The number of carbonyl (C=O) groups excluding carboxylic acids is 1. The number of nitrogens with one attached hydrogen (secondary N) is 1. The molecule has 4 rings (SSSR count). The van der Waals surface area contributed by atoms with Gasteiger partial charge in [0, 0.05) is 30.2 Å². The Morgan fingerprint density at radius 3 is 2.96 bits per heavy atom. The van der Waals surface area contributed by atoms with Crippen LogP contribution in [0.4, 0.5) is 5.69 Å². The third-order valence-electron chi connectivity index (χ3n) is 4.54. The number of halogens is 2. The lowest BCUT2D eigenvalue weighted by Gasteiger charge is -2.35. The molecule has 2 aliphatic heterocycles. The Balaban J connectivity index is 1.43. The summed E-state index contributed by atoms with van der Waals surface area (Å²) in [6.45, 7) is 2.91. The number of hydrogen-bond donors (Lipinski definition) is 1. The fourth-order valence-corrected chi connectivity index (χ4v) is 3.86. The van der Waals surface area contributed by atoms with Crippen LogP contribution < -0.4 is 15.0 Å². The van der Waals surface area contributed by atoms with Crippen LogP contribution >= 0.6 is 23.2 Å². The molecule has 1 atom stereocenters. The zero-order valence-electron chi connectivity index (χ0n) is 13.5. The lowest BCUT2D eigenvalue weighted by atomic mass is 10.0. The lowest BCUT2D eigenvalue weighted by Crippen LogP contribution is -2.48. The van der Waals surface area contributed by atoms with Crippen molar-refractivity contribution in [2.24, 2.45) is 0 Å². The van der Waals surface area contributed by atoms with E-state index in [0.717, 1.165) is 25.1 Å². The molecule has 2 aliphatic rings. The van der Waals surface area contributed by atoms with Crippen molar-refractivity contribution in [3.05, 3.63) is 40.0 Å². The van der Waals surface area contributed by atoms with Gasteiger partial charge in [-0.05, 0) is 31.0 Å². The second-order valence-corrected chi connectivity index (χ2v) is 7.14. The molecule has 1 fully saturated rings. The van der Waals surface area contributed by atoms with Gasteiger partial charge >= 0.3 is 0 Å². The first-order chi connectivity index (χ1) is 12.1. The number of anilines is 1. The normalized spacial score (nSPS) is 19.4. The first-order valence-corrected chi connectivity index (χ1v) is 9.07. The molecule has 1 amide bonds. The molecule has 1 N–H and O–H groups in total. The Bertz CT molecular complexity index is 786. The molecule has 0 spiro atoms. The van der Waals surface area contributed by atoms with Crippen molar-refractivity contribution < 1.29 is 9.53 Å². The predicted molar refractivity (Wildman–Crippen MR) is 96.9 cm³/mol. The Morgan fingerprint density at radius 2 is 2.16 bits per heavy atom. The summed E-state index contributed by atoms with van der Waals surface area (Å²) in [6.07, 6.45) is 1.91. The molecule has 25 heavy (non-hydrogen) atoms. The van der Waals surface area contributed by atoms with Gasteiger partial charge in [0.25, 0.3) is 5.91 Å². The van der Waals surface area contributed by atoms with Gasteiger partial charge in [0.15, 0.2) is 5.69 Å². The first-order valence-electron chi connectivity index (χ1n) is 8.31. The van der Waals surface area contributed by atoms with Crippen LogP contribution in [-0.2, 0) is 6.54 Å². The third-order valence-corrected chi connectivity index (χ3v) is 5.07. The van der Waals surface area contributed by atoms with Crippen molar-refractivity contribution in [2.45, 2.75) is 25.4 Å². The van der Waals surface area contributed by atoms with Crippen molar-refractivity contribution in [3.63, 3.8) is 0 Å². The molecule has 1 aromatic heterocycles. The van der Waals surface area contributed by atoms with E-state index < -0.39 is 0 Å². The number of ether oxygens (including phenoxy) is 1. The highest BCUT2D eigenvalue weighted by Gasteiger charge is 2.25. The van der Waals surface area contributed by atoms with E-state index in [9.17, 15) is 4.79 Å². The van der Waals surface area contributed by atoms with E-state index in [1.54, 1.807) is 16.8 Å². The monoisotopic (exact) mass is 380 g/mol. The number of piperidine rings is 1. The van der Waals surface area contributed by atoms with Crippen molar-refractivity contribution in [1.29, 1.82) is 0 Å². The van der Waals surface area contributed by atoms with Gasteiger partial charge in [-0.25, -0.2) is 4.68 Å². The molecule has 132 valence electrons. The first kappa shape index (κ1) is 16.5. The number of nitrogens with zero attached hydrogens (tertiary/aromatic N) is 3. The molecule has 8 heteroatoms. The summed E-state index contributed by atoms with van der Waals surface area (Å²) in [5.41, 5.74) is 1.34. The second kappa shape index (κ2) is 6.77. The minimum absolute atomic E-state index is 0.0467. The smallest absolute Gasteiger partial charge is 0.272 e. The zero-order chi connectivity index (χ0) is 17.4. The van der Waals surface area contributed by atoms with E-state index in [2.05, 4.69) is 15.3 Å². The van der Waals surface area contributed by atoms with E-state index in [4.69, 9.17) is 27.9 Å². The Kier molecular flexibility index (Phi) is 4.48. The number of benzene rings is 1. The van der Waals surface area contributed by atoms with Crippen LogP contribution in [0.5, 0.6) is 5.88 Å². The summed E-state index contributed by atoms with van der Waals surface area (Å²) in [6, 6.07) is 7.24. The molecule has 3 heterocycles. The molecule has 0 bridgehead atoms. The minimum Gasteiger partial charge on any atom is -0.476 e. The largest absolute Gasteiger partial charge is 0.476 e. The number of carbonyl (C=O) groups is 1. The minimum atomic E-state index is -0.167. The standard InChI is InChI=1S/C17H18Cl2N4O2/c18-11-3-4-15(13(19)8-11)22-5-1-2-12(10-22)20-17(24)14-9-16-23(21-14)6-7-25-16/h3-4,8-9,12H,1-2,5-7,10H2,(H,20,24). The van der Waals surface area contributed by atoms with Crippen LogP contribution in [-0.4, -0.2) is 41.4 Å². The lowest BCUT2D eigenvalue weighted by molar-refractivity contribution is 0.0927. The van der Waals surface area contributed by atoms with E-state index in [1.807, 2.05) is 12.1 Å². The van der Waals surface area contributed by atoms with Gasteiger partial charge in [-0.2, -0.15) is 5.10 Å². The highest BCUT2D eigenvalue weighted by molar-refractivity contribution is 6.36. The topological polar surface area (TPSA) is 59.4 Å². The molecular formula is C17H18Cl2N4O2. The second-order valence-electron chi connectivity index (χ2n) is 6.29. The van der Waals surface area contributed by atoms with Crippen molar-refractivity contribution in [1.82, 2.24) is 15.1 Å². The maximum atomic E-state index is 12.5. The quantitative estimate of drug-likeness (QED) is 0.888. The van der Waals surface area contributed by atoms with Crippen molar-refractivity contribution >= 4 is 34.8 Å². The summed E-state index contributed by atoms with van der Waals surface area (Å²) in [4.78, 5) is 14.7. The van der Waals surface area contributed by atoms with Crippen molar-refractivity contribution in [3.8, 4) is 5.88 Å². The van der Waals surface area contributed by atoms with E-state index in [0.29, 0.717) is 41.3 Å². The number of fused-ring (bicyclic) bond motifs is 1. The van der Waals surface area contributed by atoms with Gasteiger partial charge in [-0.3, -0.25) is 4.79 Å². The molecule has 0 aliphatic carbocycles. The third kappa shape index (κ3) is 3.41. The summed E-state index contributed by atoms with van der Waals surface area (Å²) in [5, 5.41) is 8.60. The molecule has 6 nitrogen and oxygen atoms in total. The molecule has 1 aromatic carbocycles. The maximum absolute atomic E-state index is 12.5. The average molecular weight is 381 g/mol. The molecule has 2 aromatic rings. The van der Waals surface area contributed by atoms with Crippen LogP contribution in [0.25, 0.3) is 0 Å². The maximum Gasteiger partial charge on any atom is 0.272 e. The highest BCUT2D eigenvalue weighted by Crippen LogP contribution is 2.30. The van der Waals surface area contributed by atoms with Gasteiger partial charge in [0.2, 0.25) is 5.88 Å². The summed E-state index contributed by atoms with van der Waals surface area (Å²) >= 11 is 12.3. The van der Waals surface area contributed by atoms with Gasteiger partial charge in [-0.15, -0.1) is 0 Å². The highest BCUT2D eigenvalue weighted by atomic mass is 35.5. The number of hydrogen-bond acceptors (Lipinski definition) is 4.